The molecule has 0 spiro atoms. The average Bonchev–Trinajstić information content (AvgIpc) is 3.17. The monoisotopic (exact) mass is 437 g/mol. The number of hydrogen-bond acceptors (Lipinski definition) is 6. The number of nitrogens with zero attached hydrogens (tertiary/aromatic N) is 2. The van der Waals surface area contributed by atoms with Crippen LogP contribution in [-0.4, -0.2) is 55.2 Å². The molecule has 0 aromatic heterocycles. The number of methoxy groups -OCH3 is 2. The summed E-state index contributed by atoms with van der Waals surface area (Å²) in [7, 11) is 3.03. The molecule has 3 heterocycles. The molecule has 1 aromatic rings. The van der Waals surface area contributed by atoms with Crippen molar-refractivity contribution in [1.82, 2.24) is 10.2 Å². The molecular weight excluding hydrogens is 415 g/mol. The molecule has 1 aromatic carbocycles. The van der Waals surface area contributed by atoms with Gasteiger partial charge in [-0.3, -0.25) is 0 Å². The Kier molecular flexibility index (Phi) is 5.44. The maximum atomic E-state index is 15.0. The van der Waals surface area contributed by atoms with Gasteiger partial charge in [0, 0.05) is 45.9 Å². The Labute approximate surface area is 177 Å². The van der Waals surface area contributed by atoms with E-state index in [4.69, 9.17) is 9.47 Å². The topological polar surface area (TPSA) is 74.3 Å². The van der Waals surface area contributed by atoms with Crippen molar-refractivity contribution in [1.29, 1.82) is 0 Å². The molecule has 4 rings (SSSR count). The third-order valence-corrected chi connectivity index (χ3v) is 5.85. The number of anilines is 1. The van der Waals surface area contributed by atoms with Crippen LogP contribution in [0.1, 0.15) is 12.8 Å². The van der Waals surface area contributed by atoms with E-state index in [0.29, 0.717) is 24.6 Å². The number of nitrogens with one attached hydrogen (secondary N) is 1. The van der Waals surface area contributed by atoms with Gasteiger partial charge >= 0.3 is 5.97 Å². The molecular formula is C21H22F3N3O4. The molecule has 0 aliphatic carbocycles. The quantitative estimate of drug-likeness (QED) is 0.687. The first kappa shape index (κ1) is 21.3. The minimum Gasteiger partial charge on any atom is -0.478 e. The van der Waals surface area contributed by atoms with Gasteiger partial charge in [-0.1, -0.05) is 0 Å². The Morgan fingerprint density at radius 3 is 2.61 bits per heavy atom. The minimum atomic E-state index is -1.20. The van der Waals surface area contributed by atoms with Crippen LogP contribution in [0.4, 0.5) is 18.9 Å². The van der Waals surface area contributed by atoms with Gasteiger partial charge in [-0.2, -0.15) is 0 Å². The smallest absolute Gasteiger partial charge is 0.333 e. The van der Waals surface area contributed by atoms with Crippen LogP contribution in [0.5, 0.6) is 0 Å². The molecule has 166 valence electrons. The Balaban J connectivity index is 1.71. The summed E-state index contributed by atoms with van der Waals surface area (Å²) in [6.45, 7) is 0.723. The lowest BCUT2D eigenvalue weighted by atomic mass is 9.95. The average molecular weight is 437 g/mol. The molecule has 1 atom stereocenters. The Hall–Kier alpha value is -2.98. The molecule has 1 fully saturated rings. The van der Waals surface area contributed by atoms with Crippen LogP contribution in [-0.2, 0) is 14.3 Å². The molecule has 7 nitrogen and oxygen atoms in total. The van der Waals surface area contributed by atoms with Crippen molar-refractivity contribution < 1.29 is 32.5 Å². The molecule has 0 amide bonds. The second-order valence-corrected chi connectivity index (χ2v) is 7.59. The van der Waals surface area contributed by atoms with E-state index in [1.54, 1.807) is 4.90 Å². The molecule has 1 unspecified atom stereocenters. The second-order valence-electron chi connectivity index (χ2n) is 7.59. The van der Waals surface area contributed by atoms with Crippen LogP contribution in [0.25, 0.3) is 0 Å². The fraction of sp³-hybridized carbons (Fsp3) is 0.381. The van der Waals surface area contributed by atoms with Gasteiger partial charge in [0.1, 0.15) is 23.6 Å². The zero-order valence-corrected chi connectivity index (χ0v) is 17.0. The number of ether oxygens (including phenoxy) is 2. The second kappa shape index (κ2) is 7.93. The normalized spacial score (nSPS) is 22.7. The minimum absolute atomic E-state index is 0.0207. The molecule has 31 heavy (non-hydrogen) atoms. The number of carbonyl (C=O) groups is 1. The third kappa shape index (κ3) is 3.77. The standard InChI is InChI=1S/C21H22F3N3O4/c1-30-21(31-2)5-6-26(11-21)19-16(24)8-12-7-13(20(28)29)10-27(18(12)25-19)17-4-3-14(22)9-15(17)23/h3-4,8-10,18,25H,5-7,11H2,1-2H3,(H,28,29). The van der Waals surface area contributed by atoms with Crippen LogP contribution < -0.4 is 10.2 Å². The van der Waals surface area contributed by atoms with Gasteiger partial charge in [0.25, 0.3) is 0 Å². The number of rotatable bonds is 5. The summed E-state index contributed by atoms with van der Waals surface area (Å²) in [5.41, 5.74) is 0.339. The number of carboxylic acid groups (broad SMARTS) is 1. The van der Waals surface area contributed by atoms with Crippen LogP contribution in [0.15, 0.2) is 53.3 Å². The fourth-order valence-corrected chi connectivity index (χ4v) is 4.14. The van der Waals surface area contributed by atoms with Crippen molar-refractivity contribution in [3.63, 3.8) is 0 Å². The van der Waals surface area contributed by atoms with Gasteiger partial charge in [-0.25, -0.2) is 18.0 Å². The number of halogens is 3. The van der Waals surface area contributed by atoms with Gasteiger partial charge in [0.05, 0.1) is 17.8 Å². The molecule has 0 saturated carbocycles. The van der Waals surface area contributed by atoms with Gasteiger partial charge < -0.3 is 29.7 Å². The van der Waals surface area contributed by atoms with Crippen molar-refractivity contribution in [2.24, 2.45) is 0 Å². The van der Waals surface area contributed by atoms with Gasteiger partial charge in [0.2, 0.25) is 0 Å². The van der Waals surface area contributed by atoms with E-state index in [1.807, 2.05) is 0 Å². The summed E-state index contributed by atoms with van der Waals surface area (Å²) in [6.07, 6.45) is 2.29. The van der Waals surface area contributed by atoms with Gasteiger partial charge in [-0.05, 0) is 23.8 Å². The van der Waals surface area contributed by atoms with E-state index < -0.39 is 35.4 Å². The van der Waals surface area contributed by atoms with E-state index in [-0.39, 0.29) is 30.0 Å². The molecule has 3 aliphatic heterocycles. The van der Waals surface area contributed by atoms with Crippen molar-refractivity contribution in [2.45, 2.75) is 24.8 Å². The SMILES string of the molecule is COC1(OC)CCN(C2=C(F)C=C3CC(C(=O)O)=CN(c4ccc(F)cc4F)C3N2)C1. The number of fused-ring (bicyclic) bond motifs is 1. The lowest BCUT2D eigenvalue weighted by molar-refractivity contribution is -0.194. The van der Waals surface area contributed by atoms with Crippen LogP contribution in [0.3, 0.4) is 0 Å². The Bertz CT molecular complexity index is 1000. The van der Waals surface area contributed by atoms with Crippen molar-refractivity contribution in [2.75, 3.05) is 32.2 Å². The zero-order valence-electron chi connectivity index (χ0n) is 17.0. The number of allylic oxidation sites excluding steroid dienone is 2. The summed E-state index contributed by atoms with van der Waals surface area (Å²) in [4.78, 5) is 14.7. The summed E-state index contributed by atoms with van der Waals surface area (Å²) in [5, 5.41) is 12.5. The predicted molar refractivity (Wildman–Crippen MR) is 105 cm³/mol. The highest BCUT2D eigenvalue weighted by Crippen LogP contribution is 2.37. The van der Waals surface area contributed by atoms with Gasteiger partial charge in [0.15, 0.2) is 11.6 Å². The number of likely N-dealkylation sites (tertiary alicyclic amines) is 1. The summed E-state index contributed by atoms with van der Waals surface area (Å²) in [5.74, 6) is -4.09. The van der Waals surface area contributed by atoms with Crippen LogP contribution in [0, 0.1) is 11.6 Å². The van der Waals surface area contributed by atoms with E-state index >= 15 is 4.39 Å². The number of dihydropyridines is 1. The van der Waals surface area contributed by atoms with Crippen molar-refractivity contribution >= 4 is 11.7 Å². The van der Waals surface area contributed by atoms with E-state index in [9.17, 15) is 18.7 Å². The molecule has 2 N–H and O–H groups in total. The molecule has 1 saturated heterocycles. The first-order chi connectivity index (χ1) is 14.8. The molecule has 0 bridgehead atoms. The number of carboxylic acids is 1. The van der Waals surface area contributed by atoms with E-state index in [2.05, 4.69) is 5.32 Å². The highest BCUT2D eigenvalue weighted by atomic mass is 19.1. The highest BCUT2D eigenvalue weighted by Gasteiger charge is 2.42. The first-order valence-electron chi connectivity index (χ1n) is 9.66. The summed E-state index contributed by atoms with van der Waals surface area (Å²) in [6, 6.07) is 3.01. The fourth-order valence-electron chi connectivity index (χ4n) is 4.14. The maximum absolute atomic E-state index is 15.0. The lowest BCUT2D eigenvalue weighted by Gasteiger charge is -2.41. The zero-order chi connectivity index (χ0) is 22.3. The van der Waals surface area contributed by atoms with E-state index in [0.717, 1.165) is 6.07 Å². The molecule has 0 radical (unpaired) electrons. The van der Waals surface area contributed by atoms with E-state index in [1.165, 1.54) is 37.5 Å². The first-order valence-corrected chi connectivity index (χ1v) is 9.66. The number of aliphatic carboxylic acids is 1. The van der Waals surface area contributed by atoms with Crippen molar-refractivity contribution in [3.8, 4) is 0 Å². The molecule has 10 heteroatoms. The summed E-state index contributed by atoms with van der Waals surface area (Å²) >= 11 is 0. The Morgan fingerprint density at radius 2 is 2.00 bits per heavy atom. The maximum Gasteiger partial charge on any atom is 0.333 e. The van der Waals surface area contributed by atoms with Gasteiger partial charge in [-0.15, -0.1) is 0 Å². The largest absolute Gasteiger partial charge is 0.478 e. The van der Waals surface area contributed by atoms with Crippen LogP contribution >= 0.6 is 0 Å². The number of benzene rings is 1. The highest BCUT2D eigenvalue weighted by molar-refractivity contribution is 5.88. The summed E-state index contributed by atoms with van der Waals surface area (Å²) < 4.78 is 53.9. The molecule has 3 aliphatic rings. The van der Waals surface area contributed by atoms with Crippen LogP contribution in [0.2, 0.25) is 0 Å². The lowest BCUT2D eigenvalue weighted by Crippen LogP contribution is -2.52. The predicted octanol–water partition coefficient (Wildman–Crippen LogP) is 2.83. The third-order valence-electron chi connectivity index (χ3n) is 5.85. The van der Waals surface area contributed by atoms with Crippen molar-refractivity contribution in [3.05, 3.63) is 64.9 Å². The number of hydrogen-bond donors (Lipinski definition) is 2. The Morgan fingerprint density at radius 1 is 1.26 bits per heavy atom.